The van der Waals surface area contributed by atoms with Crippen LogP contribution in [0.4, 0.5) is 4.79 Å². The Bertz CT molecular complexity index is 206. The maximum atomic E-state index is 11.0. The zero-order valence-corrected chi connectivity index (χ0v) is 11.1. The molecule has 6 heteroatoms. The summed E-state index contributed by atoms with van der Waals surface area (Å²) in [7, 11) is 0. The van der Waals surface area contributed by atoms with Crippen LogP contribution in [0, 0.1) is 5.92 Å². The summed E-state index contributed by atoms with van der Waals surface area (Å²) in [6, 6.07) is 0. The van der Waals surface area contributed by atoms with Crippen molar-refractivity contribution in [3.63, 3.8) is 0 Å². The number of carbonyl (C=O) groups excluding carboxylic acids is 2. The average molecular weight is 332 g/mol. The molecule has 0 saturated heterocycles. The molecular weight excluding hydrogens is 320 g/mol. The Balaban J connectivity index is 3.77. The SMILES string of the molecule is CC(C)COC(=O)OC(=O)C(Br)CBr. The van der Waals surface area contributed by atoms with Gasteiger partial charge in [-0.15, -0.1) is 0 Å². The van der Waals surface area contributed by atoms with Gasteiger partial charge in [0.2, 0.25) is 0 Å². The van der Waals surface area contributed by atoms with Crippen molar-refractivity contribution >= 4 is 44.0 Å². The zero-order chi connectivity index (χ0) is 11.1. The summed E-state index contributed by atoms with van der Waals surface area (Å²) in [5.41, 5.74) is 0. The number of halogens is 2. The zero-order valence-electron chi connectivity index (χ0n) is 7.96. The van der Waals surface area contributed by atoms with Gasteiger partial charge in [-0.2, -0.15) is 0 Å². The van der Waals surface area contributed by atoms with Crippen LogP contribution in [0.15, 0.2) is 0 Å². The fourth-order valence-corrected chi connectivity index (χ4v) is 0.831. The van der Waals surface area contributed by atoms with E-state index in [1.807, 2.05) is 13.8 Å². The van der Waals surface area contributed by atoms with Crippen molar-refractivity contribution in [3.8, 4) is 0 Å². The van der Waals surface area contributed by atoms with E-state index in [1.165, 1.54) is 0 Å². The molecule has 0 aromatic rings. The van der Waals surface area contributed by atoms with Gasteiger partial charge in [0.05, 0.1) is 6.61 Å². The van der Waals surface area contributed by atoms with E-state index in [1.54, 1.807) is 0 Å². The highest BCUT2D eigenvalue weighted by Gasteiger charge is 2.19. The molecule has 0 aliphatic heterocycles. The number of rotatable bonds is 4. The van der Waals surface area contributed by atoms with Crippen molar-refractivity contribution in [3.05, 3.63) is 0 Å². The highest BCUT2D eigenvalue weighted by molar-refractivity contribution is 9.12. The molecule has 0 rings (SSSR count). The smallest absolute Gasteiger partial charge is 0.434 e. The Labute approximate surface area is 99.6 Å². The molecule has 0 heterocycles. The van der Waals surface area contributed by atoms with Crippen LogP contribution in [0.25, 0.3) is 0 Å². The second-order valence-electron chi connectivity index (χ2n) is 3.00. The molecular formula is C8H12Br2O4. The average Bonchev–Trinajstić information content (AvgIpc) is 2.13. The molecule has 0 aromatic heterocycles. The summed E-state index contributed by atoms with van der Waals surface area (Å²) in [6.07, 6.45) is -0.950. The third kappa shape index (κ3) is 6.37. The van der Waals surface area contributed by atoms with Crippen LogP contribution in [0.2, 0.25) is 0 Å². The van der Waals surface area contributed by atoms with Gasteiger partial charge in [0, 0.05) is 5.33 Å². The predicted molar refractivity (Wildman–Crippen MR) is 58.8 cm³/mol. The molecule has 0 saturated carbocycles. The van der Waals surface area contributed by atoms with Crippen molar-refractivity contribution in [2.24, 2.45) is 5.92 Å². The van der Waals surface area contributed by atoms with Crippen LogP contribution in [0.1, 0.15) is 13.8 Å². The number of hydrogen-bond donors (Lipinski definition) is 0. The number of esters is 1. The molecule has 0 aromatic carbocycles. The topological polar surface area (TPSA) is 52.6 Å². The molecule has 14 heavy (non-hydrogen) atoms. The first kappa shape index (κ1) is 13.9. The minimum atomic E-state index is -0.950. The number of alkyl halides is 2. The van der Waals surface area contributed by atoms with E-state index in [2.05, 4.69) is 41.3 Å². The molecule has 0 amide bonds. The summed E-state index contributed by atoms with van der Waals surface area (Å²) in [4.78, 5) is 21.4. The van der Waals surface area contributed by atoms with Crippen LogP contribution >= 0.6 is 31.9 Å². The lowest BCUT2D eigenvalue weighted by Crippen LogP contribution is -2.23. The van der Waals surface area contributed by atoms with Crippen molar-refractivity contribution < 1.29 is 19.1 Å². The third-order valence-corrected chi connectivity index (χ3v) is 3.32. The monoisotopic (exact) mass is 330 g/mol. The molecule has 4 nitrogen and oxygen atoms in total. The van der Waals surface area contributed by atoms with Gasteiger partial charge >= 0.3 is 12.1 Å². The summed E-state index contributed by atoms with van der Waals surface area (Å²) < 4.78 is 9.03. The lowest BCUT2D eigenvalue weighted by Gasteiger charge is -2.08. The van der Waals surface area contributed by atoms with E-state index >= 15 is 0 Å². The Hall–Kier alpha value is -0.100. The van der Waals surface area contributed by atoms with E-state index in [9.17, 15) is 9.59 Å². The molecule has 1 unspecified atom stereocenters. The van der Waals surface area contributed by atoms with Crippen LogP contribution in [0.3, 0.4) is 0 Å². The van der Waals surface area contributed by atoms with Gasteiger partial charge in [-0.25, -0.2) is 4.79 Å². The van der Waals surface area contributed by atoms with E-state index in [-0.39, 0.29) is 12.5 Å². The molecule has 0 N–H and O–H groups in total. The van der Waals surface area contributed by atoms with Crippen LogP contribution in [-0.2, 0) is 14.3 Å². The first-order chi connectivity index (χ1) is 6.47. The highest BCUT2D eigenvalue weighted by atomic mass is 79.9. The van der Waals surface area contributed by atoms with Crippen molar-refractivity contribution in [1.29, 1.82) is 0 Å². The van der Waals surface area contributed by atoms with E-state index in [0.717, 1.165) is 0 Å². The minimum Gasteiger partial charge on any atom is -0.434 e. The van der Waals surface area contributed by atoms with E-state index < -0.39 is 17.0 Å². The molecule has 0 fully saturated rings. The predicted octanol–water partition coefficient (Wildman–Crippen LogP) is 2.48. The second kappa shape index (κ2) is 7.23. The number of hydrogen-bond acceptors (Lipinski definition) is 4. The first-order valence-corrected chi connectivity index (χ1v) is 6.09. The molecule has 0 aliphatic rings. The first-order valence-electron chi connectivity index (χ1n) is 4.05. The summed E-state index contributed by atoms with van der Waals surface area (Å²) >= 11 is 6.09. The lowest BCUT2D eigenvalue weighted by molar-refractivity contribution is -0.138. The second-order valence-corrected chi connectivity index (χ2v) is 4.75. The van der Waals surface area contributed by atoms with Crippen molar-refractivity contribution in [2.75, 3.05) is 11.9 Å². The normalized spacial score (nSPS) is 12.4. The van der Waals surface area contributed by atoms with Gasteiger partial charge in [-0.05, 0) is 5.92 Å². The largest absolute Gasteiger partial charge is 0.516 e. The molecule has 0 aliphatic carbocycles. The fourth-order valence-electron chi connectivity index (χ4n) is 0.473. The number of carbonyl (C=O) groups is 2. The Morgan fingerprint density at radius 3 is 2.36 bits per heavy atom. The summed E-state index contributed by atoms with van der Waals surface area (Å²) in [5.74, 6) is -0.441. The van der Waals surface area contributed by atoms with Crippen LogP contribution in [-0.4, -0.2) is 28.9 Å². The van der Waals surface area contributed by atoms with Crippen molar-refractivity contribution in [2.45, 2.75) is 18.7 Å². The summed E-state index contributed by atoms with van der Waals surface area (Å²) in [6.45, 7) is 4.02. The minimum absolute atomic E-state index is 0.216. The Morgan fingerprint density at radius 2 is 1.93 bits per heavy atom. The highest BCUT2D eigenvalue weighted by Crippen LogP contribution is 2.06. The quantitative estimate of drug-likeness (QED) is 0.451. The number of ether oxygens (including phenoxy) is 2. The van der Waals surface area contributed by atoms with Crippen LogP contribution < -0.4 is 0 Å². The van der Waals surface area contributed by atoms with Crippen LogP contribution in [0.5, 0.6) is 0 Å². The Kier molecular flexibility index (Phi) is 7.17. The molecule has 0 radical (unpaired) electrons. The lowest BCUT2D eigenvalue weighted by atomic mass is 10.2. The molecule has 82 valence electrons. The van der Waals surface area contributed by atoms with Gasteiger partial charge in [-0.3, -0.25) is 4.79 Å². The maximum Gasteiger partial charge on any atom is 0.516 e. The van der Waals surface area contributed by atoms with Gasteiger partial charge in [0.1, 0.15) is 4.83 Å². The Morgan fingerprint density at radius 1 is 1.36 bits per heavy atom. The fraction of sp³-hybridized carbons (Fsp3) is 0.750. The third-order valence-electron chi connectivity index (χ3n) is 1.11. The van der Waals surface area contributed by atoms with E-state index in [0.29, 0.717) is 5.33 Å². The van der Waals surface area contributed by atoms with Gasteiger partial charge in [0.15, 0.2) is 0 Å². The van der Waals surface area contributed by atoms with E-state index in [4.69, 9.17) is 0 Å². The van der Waals surface area contributed by atoms with Gasteiger partial charge in [0.25, 0.3) is 0 Å². The molecule has 1 atom stereocenters. The van der Waals surface area contributed by atoms with Gasteiger partial charge < -0.3 is 9.47 Å². The molecule has 0 bridgehead atoms. The summed E-state index contributed by atoms with van der Waals surface area (Å²) in [5, 5.41) is 0.378. The molecule has 0 spiro atoms. The van der Waals surface area contributed by atoms with Crippen molar-refractivity contribution in [1.82, 2.24) is 0 Å². The standard InChI is InChI=1S/C8H12Br2O4/c1-5(2)4-13-8(12)14-7(11)6(10)3-9/h5-6H,3-4H2,1-2H3. The maximum absolute atomic E-state index is 11.0. The van der Waals surface area contributed by atoms with Gasteiger partial charge in [-0.1, -0.05) is 45.7 Å².